The molecule has 2 N–H and O–H groups in total. The van der Waals surface area contributed by atoms with Crippen LogP contribution in [-0.4, -0.2) is 11.0 Å². The van der Waals surface area contributed by atoms with Crippen LogP contribution in [0.2, 0.25) is 0 Å². The number of carbonyl (C=O) groups excluding carboxylic acids is 1. The summed E-state index contributed by atoms with van der Waals surface area (Å²) >= 11 is 0. The zero-order chi connectivity index (χ0) is 17.8. The van der Waals surface area contributed by atoms with Gasteiger partial charge in [0.25, 0.3) is 0 Å². The van der Waals surface area contributed by atoms with Crippen molar-refractivity contribution in [3.63, 3.8) is 0 Å². The lowest BCUT2D eigenvalue weighted by molar-refractivity contribution is -0.122. The van der Waals surface area contributed by atoms with E-state index in [1.54, 1.807) is 12.1 Å². The van der Waals surface area contributed by atoms with Crippen LogP contribution in [0.25, 0.3) is 10.8 Å². The van der Waals surface area contributed by atoms with E-state index in [0.29, 0.717) is 6.54 Å². The Morgan fingerprint density at radius 1 is 1.08 bits per heavy atom. The third kappa shape index (κ3) is 3.86. The summed E-state index contributed by atoms with van der Waals surface area (Å²) in [5, 5.41) is 14.2. The van der Waals surface area contributed by atoms with E-state index < -0.39 is 5.82 Å². The predicted molar refractivity (Wildman–Crippen MR) is 96.5 cm³/mol. The average molecular weight is 337 g/mol. The molecule has 0 radical (unpaired) electrons. The highest BCUT2D eigenvalue weighted by molar-refractivity contribution is 5.87. The van der Waals surface area contributed by atoms with Crippen molar-refractivity contribution in [2.24, 2.45) is 0 Å². The number of hydrogen-bond acceptors (Lipinski definition) is 2. The zero-order valence-electron chi connectivity index (χ0n) is 14.0. The lowest BCUT2D eigenvalue weighted by Gasteiger charge is -2.14. The normalized spacial score (nSPS) is 12.1. The molecule has 1 atom stereocenters. The standard InChI is InChI=1S/C21H20FNO2/c1-14(17-8-7-16-4-2-3-5-18(16)11-17)21(25)23-12-15-6-9-20(22)19(10-15)13-24/h2-11,14,24H,12-13H2,1H3,(H,23,25). The van der Waals surface area contributed by atoms with Crippen LogP contribution < -0.4 is 5.32 Å². The van der Waals surface area contributed by atoms with Gasteiger partial charge in [0.1, 0.15) is 5.82 Å². The number of nitrogens with one attached hydrogen (secondary N) is 1. The Morgan fingerprint density at radius 2 is 1.84 bits per heavy atom. The second kappa shape index (κ2) is 7.45. The fraction of sp³-hybridized carbons (Fsp3) is 0.190. The molecular weight excluding hydrogens is 317 g/mol. The van der Waals surface area contributed by atoms with Crippen molar-refractivity contribution in [3.05, 3.63) is 83.2 Å². The van der Waals surface area contributed by atoms with Gasteiger partial charge in [-0.15, -0.1) is 0 Å². The molecule has 3 nitrogen and oxygen atoms in total. The van der Waals surface area contributed by atoms with E-state index in [4.69, 9.17) is 5.11 Å². The topological polar surface area (TPSA) is 49.3 Å². The van der Waals surface area contributed by atoms with Crippen LogP contribution in [0.15, 0.2) is 60.7 Å². The van der Waals surface area contributed by atoms with Crippen LogP contribution in [-0.2, 0) is 17.9 Å². The van der Waals surface area contributed by atoms with Crippen LogP contribution in [0.3, 0.4) is 0 Å². The second-order valence-electron chi connectivity index (χ2n) is 6.13. The van der Waals surface area contributed by atoms with E-state index in [2.05, 4.69) is 5.32 Å². The van der Waals surface area contributed by atoms with Gasteiger partial charge in [-0.05, 0) is 41.0 Å². The minimum absolute atomic E-state index is 0.0924. The van der Waals surface area contributed by atoms with Crippen molar-refractivity contribution in [3.8, 4) is 0 Å². The molecule has 128 valence electrons. The van der Waals surface area contributed by atoms with E-state index in [-0.39, 0.29) is 24.0 Å². The molecule has 0 aliphatic heterocycles. The van der Waals surface area contributed by atoms with Gasteiger partial charge in [-0.1, -0.05) is 48.5 Å². The molecule has 0 heterocycles. The summed E-state index contributed by atoms with van der Waals surface area (Å²) in [4.78, 5) is 12.4. The highest BCUT2D eigenvalue weighted by atomic mass is 19.1. The van der Waals surface area contributed by atoms with Crippen LogP contribution in [0.1, 0.15) is 29.5 Å². The fourth-order valence-corrected chi connectivity index (χ4v) is 2.83. The zero-order valence-corrected chi connectivity index (χ0v) is 14.0. The summed E-state index contributed by atoms with van der Waals surface area (Å²) < 4.78 is 13.4. The number of aliphatic hydroxyl groups is 1. The molecule has 0 aliphatic carbocycles. The summed E-state index contributed by atoms with van der Waals surface area (Å²) in [6.45, 7) is 1.80. The third-order valence-corrected chi connectivity index (χ3v) is 4.41. The Bertz CT molecular complexity index is 907. The van der Waals surface area contributed by atoms with Crippen LogP contribution in [0.5, 0.6) is 0 Å². The number of halogens is 1. The number of hydrogen-bond donors (Lipinski definition) is 2. The van der Waals surface area contributed by atoms with Gasteiger partial charge in [-0.25, -0.2) is 4.39 Å². The van der Waals surface area contributed by atoms with E-state index in [0.717, 1.165) is 21.9 Å². The van der Waals surface area contributed by atoms with E-state index in [1.165, 1.54) is 6.07 Å². The summed E-state index contributed by atoms with van der Waals surface area (Å²) in [5.41, 5.74) is 1.94. The molecular formula is C21H20FNO2. The lowest BCUT2D eigenvalue weighted by atomic mass is 9.97. The van der Waals surface area contributed by atoms with Gasteiger partial charge in [-0.2, -0.15) is 0 Å². The van der Waals surface area contributed by atoms with Gasteiger partial charge < -0.3 is 10.4 Å². The Balaban J connectivity index is 1.69. The van der Waals surface area contributed by atoms with Gasteiger partial charge in [0, 0.05) is 12.1 Å². The first-order valence-electron chi connectivity index (χ1n) is 8.23. The molecule has 3 aromatic carbocycles. The van der Waals surface area contributed by atoms with Crippen molar-refractivity contribution in [1.82, 2.24) is 5.32 Å². The van der Waals surface area contributed by atoms with Crippen LogP contribution in [0.4, 0.5) is 4.39 Å². The molecule has 0 bridgehead atoms. The number of benzene rings is 3. The molecule has 0 spiro atoms. The first-order chi connectivity index (χ1) is 12.1. The minimum atomic E-state index is -0.442. The number of carbonyl (C=O) groups is 1. The van der Waals surface area contributed by atoms with E-state index >= 15 is 0 Å². The smallest absolute Gasteiger partial charge is 0.227 e. The SMILES string of the molecule is CC(C(=O)NCc1ccc(F)c(CO)c1)c1ccc2ccccc2c1. The number of aliphatic hydroxyl groups excluding tert-OH is 1. The van der Waals surface area contributed by atoms with E-state index in [9.17, 15) is 9.18 Å². The van der Waals surface area contributed by atoms with Gasteiger partial charge in [0.15, 0.2) is 0 Å². The molecule has 0 aliphatic rings. The quantitative estimate of drug-likeness (QED) is 0.742. The first kappa shape index (κ1) is 17.1. The van der Waals surface area contributed by atoms with Crippen molar-refractivity contribution in [2.75, 3.05) is 0 Å². The number of fused-ring (bicyclic) bond motifs is 1. The van der Waals surface area contributed by atoms with Gasteiger partial charge >= 0.3 is 0 Å². The van der Waals surface area contributed by atoms with Gasteiger partial charge in [-0.3, -0.25) is 4.79 Å². The molecule has 4 heteroatoms. The Morgan fingerprint density at radius 3 is 2.60 bits per heavy atom. The Labute approximate surface area is 146 Å². The van der Waals surface area contributed by atoms with Crippen molar-refractivity contribution in [2.45, 2.75) is 26.0 Å². The van der Waals surface area contributed by atoms with E-state index in [1.807, 2.05) is 49.4 Å². The van der Waals surface area contributed by atoms with Gasteiger partial charge in [0.05, 0.1) is 12.5 Å². The summed E-state index contributed by atoms with van der Waals surface area (Å²) in [6, 6.07) is 18.5. The summed E-state index contributed by atoms with van der Waals surface area (Å²) in [7, 11) is 0. The second-order valence-corrected chi connectivity index (χ2v) is 6.13. The Hall–Kier alpha value is -2.72. The number of amides is 1. The fourth-order valence-electron chi connectivity index (χ4n) is 2.83. The molecule has 1 unspecified atom stereocenters. The molecule has 0 fully saturated rings. The number of rotatable bonds is 5. The van der Waals surface area contributed by atoms with Crippen molar-refractivity contribution >= 4 is 16.7 Å². The van der Waals surface area contributed by atoms with Crippen molar-refractivity contribution < 1.29 is 14.3 Å². The molecule has 3 rings (SSSR count). The van der Waals surface area contributed by atoms with Crippen LogP contribution >= 0.6 is 0 Å². The van der Waals surface area contributed by atoms with Crippen molar-refractivity contribution in [1.29, 1.82) is 0 Å². The maximum Gasteiger partial charge on any atom is 0.227 e. The van der Waals surface area contributed by atoms with Crippen LogP contribution in [0, 0.1) is 5.82 Å². The maximum atomic E-state index is 13.4. The van der Waals surface area contributed by atoms with Gasteiger partial charge in [0.2, 0.25) is 5.91 Å². The molecule has 0 saturated carbocycles. The average Bonchev–Trinajstić information content (AvgIpc) is 2.66. The first-order valence-corrected chi connectivity index (χ1v) is 8.23. The molecule has 0 aromatic heterocycles. The monoisotopic (exact) mass is 337 g/mol. The lowest BCUT2D eigenvalue weighted by Crippen LogP contribution is -2.27. The molecule has 3 aromatic rings. The highest BCUT2D eigenvalue weighted by Crippen LogP contribution is 2.22. The molecule has 1 amide bonds. The third-order valence-electron chi connectivity index (χ3n) is 4.41. The molecule has 0 saturated heterocycles. The minimum Gasteiger partial charge on any atom is -0.392 e. The summed E-state index contributed by atoms with van der Waals surface area (Å²) in [6.07, 6.45) is 0. The Kier molecular flexibility index (Phi) is 5.10. The summed E-state index contributed by atoms with van der Waals surface area (Å²) in [5.74, 6) is -0.824. The highest BCUT2D eigenvalue weighted by Gasteiger charge is 2.15. The predicted octanol–water partition coefficient (Wildman–Crippen LogP) is 3.89. The largest absolute Gasteiger partial charge is 0.392 e. The molecule has 25 heavy (non-hydrogen) atoms. The maximum absolute atomic E-state index is 13.4.